The van der Waals surface area contributed by atoms with Gasteiger partial charge in [-0.2, -0.15) is 0 Å². The maximum Gasteiger partial charge on any atom is 0.335 e. The molecule has 8 heteroatoms. The molecule has 0 heterocycles. The molecule has 216 valence electrons. The lowest BCUT2D eigenvalue weighted by molar-refractivity contribution is -0.138. The molecular formula is C33H39N3O5. The lowest BCUT2D eigenvalue weighted by atomic mass is 10.0. The van der Waals surface area contributed by atoms with Crippen LogP contribution in [0.3, 0.4) is 0 Å². The van der Waals surface area contributed by atoms with Gasteiger partial charge in [0.1, 0.15) is 12.3 Å². The van der Waals surface area contributed by atoms with E-state index in [1.807, 2.05) is 60.7 Å². The van der Waals surface area contributed by atoms with Gasteiger partial charge in [-0.15, -0.1) is 0 Å². The molecule has 0 aliphatic heterocycles. The number of carboxylic acids is 2. The Balaban J connectivity index is 0.000000280. The molecular weight excluding hydrogens is 518 g/mol. The number of aromatic carboxylic acids is 1. The van der Waals surface area contributed by atoms with Crippen LogP contribution >= 0.6 is 0 Å². The fourth-order valence-corrected chi connectivity index (χ4v) is 3.24. The minimum Gasteiger partial charge on any atom is -0.480 e. The van der Waals surface area contributed by atoms with E-state index in [1.165, 1.54) is 11.1 Å². The zero-order valence-corrected chi connectivity index (χ0v) is 23.0. The monoisotopic (exact) mass is 557 g/mol. The minimum absolute atomic E-state index is 0.331. The molecule has 0 aliphatic rings. The average molecular weight is 558 g/mol. The van der Waals surface area contributed by atoms with Crippen LogP contribution in [0.4, 0.5) is 0 Å². The second kappa shape index (κ2) is 21.2. The van der Waals surface area contributed by atoms with Crippen LogP contribution in [0.15, 0.2) is 115 Å². The SMILES string of the molecule is NCCC[C@H](N)C(=O)O.NCCc1ccccc1.O=C(O)c1ccccc1.O=Cc1ccc(-c2ccccc2)cc1. The summed E-state index contributed by atoms with van der Waals surface area (Å²) in [4.78, 5) is 30.7. The first kappa shape index (κ1) is 34.4. The van der Waals surface area contributed by atoms with Crippen LogP contribution in [0.1, 0.15) is 39.1 Å². The Labute approximate surface area is 241 Å². The van der Waals surface area contributed by atoms with E-state index in [9.17, 15) is 14.4 Å². The summed E-state index contributed by atoms with van der Waals surface area (Å²) in [7, 11) is 0. The van der Waals surface area contributed by atoms with E-state index < -0.39 is 18.0 Å². The van der Waals surface area contributed by atoms with E-state index in [0.29, 0.717) is 30.5 Å². The Kier molecular flexibility index (Phi) is 17.8. The summed E-state index contributed by atoms with van der Waals surface area (Å²) < 4.78 is 0. The van der Waals surface area contributed by atoms with Crippen molar-refractivity contribution in [3.05, 3.63) is 132 Å². The summed E-state index contributed by atoms with van der Waals surface area (Å²) in [5, 5.41) is 16.6. The molecule has 8 N–H and O–H groups in total. The van der Waals surface area contributed by atoms with Gasteiger partial charge in [-0.05, 0) is 61.2 Å². The van der Waals surface area contributed by atoms with Crippen molar-refractivity contribution >= 4 is 18.2 Å². The molecule has 0 spiro atoms. The van der Waals surface area contributed by atoms with Gasteiger partial charge in [0.15, 0.2) is 0 Å². The van der Waals surface area contributed by atoms with E-state index in [1.54, 1.807) is 30.3 Å². The Hall–Kier alpha value is -4.63. The van der Waals surface area contributed by atoms with Gasteiger partial charge in [0.25, 0.3) is 0 Å². The first-order valence-electron chi connectivity index (χ1n) is 13.1. The molecule has 4 aromatic carbocycles. The van der Waals surface area contributed by atoms with Crippen LogP contribution in [0, 0.1) is 0 Å². The van der Waals surface area contributed by atoms with Crippen molar-refractivity contribution in [1.82, 2.24) is 0 Å². The van der Waals surface area contributed by atoms with Crippen molar-refractivity contribution in [2.24, 2.45) is 17.2 Å². The smallest absolute Gasteiger partial charge is 0.335 e. The number of aliphatic carboxylic acids is 1. The molecule has 0 aromatic heterocycles. The third kappa shape index (κ3) is 15.5. The van der Waals surface area contributed by atoms with Crippen molar-refractivity contribution < 1.29 is 24.6 Å². The average Bonchev–Trinajstić information content (AvgIpc) is 3.02. The second-order valence-corrected chi connectivity index (χ2v) is 8.68. The fraction of sp³-hybridized carbons (Fsp3) is 0.182. The van der Waals surface area contributed by atoms with Crippen LogP contribution in [-0.4, -0.2) is 47.6 Å². The predicted octanol–water partition coefficient (Wildman–Crippen LogP) is 4.88. The van der Waals surface area contributed by atoms with Crippen LogP contribution in [-0.2, 0) is 11.2 Å². The van der Waals surface area contributed by atoms with Crippen LogP contribution in [0.5, 0.6) is 0 Å². The number of hydrogen-bond donors (Lipinski definition) is 5. The van der Waals surface area contributed by atoms with Gasteiger partial charge >= 0.3 is 11.9 Å². The maximum absolute atomic E-state index is 10.5. The zero-order chi connectivity index (χ0) is 30.3. The summed E-state index contributed by atoms with van der Waals surface area (Å²) in [6, 6.07) is 35.5. The molecule has 0 unspecified atom stereocenters. The van der Waals surface area contributed by atoms with Crippen LogP contribution in [0.2, 0.25) is 0 Å². The molecule has 0 radical (unpaired) electrons. The number of carboxylic acid groups (broad SMARTS) is 2. The summed E-state index contributed by atoms with van der Waals surface area (Å²) in [5.41, 5.74) is 20.3. The van der Waals surface area contributed by atoms with Crippen molar-refractivity contribution in [2.45, 2.75) is 25.3 Å². The van der Waals surface area contributed by atoms with Gasteiger partial charge in [0, 0.05) is 5.56 Å². The Morgan fingerprint density at radius 2 is 1.17 bits per heavy atom. The molecule has 41 heavy (non-hydrogen) atoms. The standard InChI is InChI=1S/C13H10O.C8H11N.C7H6O2.C5H12N2O2/c14-10-11-6-8-13(9-7-11)12-4-2-1-3-5-12;9-7-6-8-4-2-1-3-5-8;8-7(9)6-4-2-1-3-5-6;6-3-1-2-4(7)5(8)9/h1-10H;1-5H,6-7,9H2;1-5H,(H,8,9);4H,1-3,6-7H2,(H,8,9)/t;;;4-/m...0/s1. The van der Waals surface area contributed by atoms with E-state index in [-0.39, 0.29) is 0 Å². The highest BCUT2D eigenvalue weighted by molar-refractivity contribution is 5.87. The summed E-state index contributed by atoms with van der Waals surface area (Å²) in [5.74, 6) is -1.83. The van der Waals surface area contributed by atoms with E-state index in [0.717, 1.165) is 24.8 Å². The molecule has 4 aromatic rings. The molecule has 1 atom stereocenters. The fourth-order valence-electron chi connectivity index (χ4n) is 3.24. The summed E-state index contributed by atoms with van der Waals surface area (Å²) in [6.45, 7) is 1.24. The van der Waals surface area contributed by atoms with Gasteiger partial charge in [-0.25, -0.2) is 4.79 Å². The molecule has 8 nitrogen and oxygen atoms in total. The highest BCUT2D eigenvalue weighted by Gasteiger charge is 2.08. The summed E-state index contributed by atoms with van der Waals surface area (Å²) in [6.07, 6.45) is 2.98. The molecule has 0 aliphatic carbocycles. The third-order valence-electron chi connectivity index (χ3n) is 5.49. The number of carbonyl (C=O) groups excluding carboxylic acids is 1. The molecule has 0 saturated carbocycles. The number of aldehydes is 1. The topological polar surface area (TPSA) is 170 Å². The van der Waals surface area contributed by atoms with Crippen LogP contribution in [0.25, 0.3) is 11.1 Å². The number of rotatable bonds is 9. The first-order chi connectivity index (χ1) is 19.8. The van der Waals surface area contributed by atoms with Crippen molar-refractivity contribution in [2.75, 3.05) is 13.1 Å². The number of benzene rings is 4. The maximum atomic E-state index is 10.5. The quantitative estimate of drug-likeness (QED) is 0.181. The zero-order valence-electron chi connectivity index (χ0n) is 23.0. The second-order valence-electron chi connectivity index (χ2n) is 8.68. The predicted molar refractivity (Wildman–Crippen MR) is 164 cm³/mol. The lowest BCUT2D eigenvalue weighted by Gasteiger charge is -2.02. The Morgan fingerprint density at radius 1 is 0.683 bits per heavy atom. The van der Waals surface area contributed by atoms with E-state index in [2.05, 4.69) is 24.3 Å². The Morgan fingerprint density at radius 3 is 1.59 bits per heavy atom. The van der Waals surface area contributed by atoms with E-state index >= 15 is 0 Å². The van der Waals surface area contributed by atoms with Crippen LogP contribution < -0.4 is 17.2 Å². The van der Waals surface area contributed by atoms with Gasteiger partial charge in [0.05, 0.1) is 5.56 Å². The third-order valence-corrected chi connectivity index (χ3v) is 5.49. The summed E-state index contributed by atoms with van der Waals surface area (Å²) >= 11 is 0. The number of hydrogen-bond acceptors (Lipinski definition) is 6. The van der Waals surface area contributed by atoms with Crippen molar-refractivity contribution in [3.8, 4) is 11.1 Å². The van der Waals surface area contributed by atoms with Gasteiger partial charge in [0.2, 0.25) is 0 Å². The minimum atomic E-state index is -0.955. The molecule has 0 saturated heterocycles. The normalized spacial score (nSPS) is 10.2. The molecule has 0 bridgehead atoms. The van der Waals surface area contributed by atoms with Gasteiger partial charge in [-0.1, -0.05) is 103 Å². The highest BCUT2D eigenvalue weighted by Crippen LogP contribution is 2.18. The van der Waals surface area contributed by atoms with E-state index in [4.69, 9.17) is 27.4 Å². The number of nitrogens with two attached hydrogens (primary N) is 3. The van der Waals surface area contributed by atoms with Crippen molar-refractivity contribution in [3.63, 3.8) is 0 Å². The molecule has 0 fully saturated rings. The Bertz CT molecular complexity index is 1250. The highest BCUT2D eigenvalue weighted by atomic mass is 16.4. The number of carbonyl (C=O) groups is 3. The van der Waals surface area contributed by atoms with Crippen molar-refractivity contribution in [1.29, 1.82) is 0 Å². The molecule has 4 rings (SSSR count). The van der Waals surface area contributed by atoms with Gasteiger partial charge in [-0.3, -0.25) is 9.59 Å². The molecule has 0 amide bonds. The largest absolute Gasteiger partial charge is 0.480 e. The van der Waals surface area contributed by atoms with Gasteiger partial charge < -0.3 is 27.4 Å². The first-order valence-corrected chi connectivity index (χ1v) is 13.1. The lowest BCUT2D eigenvalue weighted by Crippen LogP contribution is -2.30.